The van der Waals surface area contributed by atoms with Crippen molar-refractivity contribution in [3.8, 4) is 0 Å². The Labute approximate surface area is 493 Å². The summed E-state index contributed by atoms with van der Waals surface area (Å²) in [6.45, 7) is 4.67. The minimum atomic E-state index is -4.61. The van der Waals surface area contributed by atoms with Crippen molar-refractivity contribution < 1.29 is 32.9 Å². The molecular weight excluding hydrogens is 996 g/mol. The number of allylic oxidation sites excluding steroid dienone is 5. The number of nitrogens with one attached hydrogen (secondary N) is 1. The summed E-state index contributed by atoms with van der Waals surface area (Å²) in [6, 6.07) is -0.909. The Balaban J connectivity index is 4.02. The van der Waals surface area contributed by atoms with E-state index in [-0.39, 0.29) is 12.5 Å². The zero-order valence-electron chi connectivity index (χ0n) is 53.6. The highest BCUT2D eigenvalue weighted by Crippen LogP contribution is 2.38. The Hall–Kier alpha value is -1.28. The predicted molar refractivity (Wildman–Crippen MR) is 344 cm³/mol. The molecule has 0 rings (SSSR count). The molecule has 0 aromatic rings. The van der Waals surface area contributed by atoms with E-state index < -0.39 is 26.6 Å². The third-order valence-electron chi connectivity index (χ3n) is 16.1. The molecule has 3 atom stereocenters. The summed E-state index contributed by atoms with van der Waals surface area (Å²) >= 11 is 0. The lowest BCUT2D eigenvalue weighted by Crippen LogP contribution is -2.45. The van der Waals surface area contributed by atoms with E-state index in [4.69, 9.17) is 9.05 Å². The summed E-state index contributed by atoms with van der Waals surface area (Å²) in [5.74, 6) is -0.204. The number of hydrogen-bond acceptors (Lipinski definition) is 6. The molecule has 1 amide bonds. The number of hydrogen-bond donors (Lipinski definition) is 2. The molecule has 0 saturated heterocycles. The summed E-state index contributed by atoms with van der Waals surface area (Å²) in [5, 5.41) is 13.9. The summed E-state index contributed by atoms with van der Waals surface area (Å²) in [4.78, 5) is 25.6. The van der Waals surface area contributed by atoms with Gasteiger partial charge in [-0.3, -0.25) is 9.36 Å². The van der Waals surface area contributed by atoms with Crippen LogP contribution in [0.1, 0.15) is 354 Å². The Morgan fingerprint density at radius 2 is 0.709 bits per heavy atom. The first-order chi connectivity index (χ1) is 38.5. The van der Waals surface area contributed by atoms with E-state index in [0.29, 0.717) is 17.4 Å². The van der Waals surface area contributed by atoms with E-state index in [1.54, 1.807) is 6.08 Å². The molecule has 0 saturated carbocycles. The summed E-state index contributed by atoms with van der Waals surface area (Å²) in [5.41, 5.74) is 0. The van der Waals surface area contributed by atoms with Crippen LogP contribution in [0.5, 0.6) is 0 Å². The van der Waals surface area contributed by atoms with Gasteiger partial charge in [0.05, 0.1) is 39.9 Å². The van der Waals surface area contributed by atoms with Crippen LogP contribution >= 0.6 is 7.82 Å². The second-order valence-corrected chi connectivity index (χ2v) is 26.6. The Bertz CT molecular complexity index is 1380. The second kappa shape index (κ2) is 61.3. The summed E-state index contributed by atoms with van der Waals surface area (Å²) < 4.78 is 23.4. The molecule has 0 aliphatic carbocycles. The Kier molecular flexibility index (Phi) is 60.3. The van der Waals surface area contributed by atoms with Crippen LogP contribution in [0.3, 0.4) is 0 Å². The third-order valence-corrected chi connectivity index (χ3v) is 17.0. The van der Waals surface area contributed by atoms with E-state index in [1.807, 2.05) is 27.2 Å². The van der Waals surface area contributed by atoms with Crippen LogP contribution in [0.15, 0.2) is 36.5 Å². The minimum Gasteiger partial charge on any atom is -0.756 e. The third kappa shape index (κ3) is 64.1. The fourth-order valence-electron chi connectivity index (χ4n) is 10.7. The predicted octanol–water partition coefficient (Wildman–Crippen LogP) is 21.4. The molecule has 0 aliphatic heterocycles. The number of likely N-dealkylation sites (N-methyl/N-ethyl adjacent to an activating group) is 1. The molecule has 0 heterocycles. The van der Waals surface area contributed by atoms with Crippen molar-refractivity contribution in [3.05, 3.63) is 36.5 Å². The van der Waals surface area contributed by atoms with Gasteiger partial charge in [0.25, 0.3) is 7.82 Å². The van der Waals surface area contributed by atoms with Gasteiger partial charge in [0.15, 0.2) is 0 Å². The highest BCUT2D eigenvalue weighted by atomic mass is 31.2. The van der Waals surface area contributed by atoms with Gasteiger partial charge < -0.3 is 28.8 Å². The van der Waals surface area contributed by atoms with Gasteiger partial charge in [0, 0.05) is 6.42 Å². The van der Waals surface area contributed by atoms with Crippen LogP contribution in [0.4, 0.5) is 0 Å². The molecule has 0 radical (unpaired) electrons. The zero-order valence-corrected chi connectivity index (χ0v) is 54.5. The number of quaternary nitrogens is 1. The number of amides is 1. The van der Waals surface area contributed by atoms with Crippen molar-refractivity contribution in [2.24, 2.45) is 0 Å². The maximum Gasteiger partial charge on any atom is 0.268 e. The monoisotopic (exact) mass is 1130 g/mol. The lowest BCUT2D eigenvalue weighted by atomic mass is 10.0. The van der Waals surface area contributed by atoms with Crippen LogP contribution < -0.4 is 10.2 Å². The number of phosphoric ester groups is 1. The van der Waals surface area contributed by atoms with Crippen LogP contribution in [0.25, 0.3) is 0 Å². The van der Waals surface area contributed by atoms with E-state index in [0.717, 1.165) is 44.9 Å². The van der Waals surface area contributed by atoms with E-state index in [2.05, 4.69) is 43.5 Å². The maximum absolute atomic E-state index is 13.0. The van der Waals surface area contributed by atoms with Crippen LogP contribution in [-0.4, -0.2) is 68.5 Å². The molecule has 0 fully saturated rings. The highest BCUT2D eigenvalue weighted by molar-refractivity contribution is 7.45. The molecule has 79 heavy (non-hydrogen) atoms. The molecule has 3 unspecified atom stereocenters. The molecule has 0 aromatic carbocycles. The number of carbonyl (C=O) groups is 1. The number of aliphatic hydroxyl groups excluding tert-OH is 1. The number of rotatable bonds is 65. The van der Waals surface area contributed by atoms with Crippen LogP contribution in [0, 0.1) is 0 Å². The van der Waals surface area contributed by atoms with E-state index >= 15 is 0 Å². The lowest BCUT2D eigenvalue weighted by molar-refractivity contribution is -0.870. The van der Waals surface area contributed by atoms with Crippen molar-refractivity contribution in [2.45, 2.75) is 366 Å². The van der Waals surface area contributed by atoms with E-state index in [1.165, 1.54) is 289 Å². The minimum absolute atomic E-state index is 0.00715. The fraction of sp³-hybridized carbons (Fsp3) is 0.900. The molecule has 9 heteroatoms. The smallest absolute Gasteiger partial charge is 0.268 e. The van der Waals surface area contributed by atoms with Gasteiger partial charge in [0.1, 0.15) is 13.2 Å². The van der Waals surface area contributed by atoms with Gasteiger partial charge in [-0.15, -0.1) is 0 Å². The van der Waals surface area contributed by atoms with Crippen molar-refractivity contribution in [1.29, 1.82) is 0 Å². The SMILES string of the molecule is CCCCCCCCCCCCCC/C=C/CC/C=C/CC/C=C/C(O)C(COP(=O)([O-])OCC[N+](C)(C)C)NC(=O)CCCCCCCCCCCCCCCCCCCCCCCCCCCCCCCCCCCCC. The fourth-order valence-corrected chi connectivity index (χ4v) is 11.4. The van der Waals surface area contributed by atoms with Crippen LogP contribution in [-0.2, 0) is 18.4 Å². The number of aliphatic hydroxyl groups is 1. The summed E-state index contributed by atoms with van der Waals surface area (Å²) in [7, 11) is 1.25. The van der Waals surface area contributed by atoms with Crippen molar-refractivity contribution >= 4 is 13.7 Å². The van der Waals surface area contributed by atoms with Gasteiger partial charge in [-0.2, -0.15) is 0 Å². The Morgan fingerprint density at radius 1 is 0.430 bits per heavy atom. The molecule has 2 N–H and O–H groups in total. The standard InChI is InChI=1S/C70H137N2O6P/c1-6-8-10-12-14-16-18-20-22-24-26-28-30-31-32-33-34-35-36-37-38-39-40-41-42-44-46-48-50-52-54-56-58-60-62-64-70(74)71-68(67-78-79(75,76)77-66-65-72(3,4)5)69(73)63-61-59-57-55-53-51-49-47-45-43-29-27-25-23-21-19-17-15-13-11-9-7-2/h45,47,53,55,61,63,68-69,73H,6-44,46,48-52,54,56-60,62,64-67H2,1-5H3,(H-,71,74,75,76)/b47-45+,55-53+,63-61+. The lowest BCUT2D eigenvalue weighted by Gasteiger charge is -2.29. The summed E-state index contributed by atoms with van der Waals surface area (Å²) in [6.07, 6.45) is 81.4. The number of nitrogens with zero attached hydrogens (tertiary/aromatic N) is 1. The van der Waals surface area contributed by atoms with Gasteiger partial charge >= 0.3 is 0 Å². The maximum atomic E-state index is 13.0. The average Bonchev–Trinajstić information content (AvgIpc) is 3.42. The Morgan fingerprint density at radius 3 is 1.03 bits per heavy atom. The van der Waals surface area contributed by atoms with Gasteiger partial charge in [0.2, 0.25) is 5.91 Å². The zero-order chi connectivity index (χ0) is 57.7. The van der Waals surface area contributed by atoms with E-state index in [9.17, 15) is 19.4 Å². The molecule has 0 aromatic heterocycles. The molecule has 0 bridgehead atoms. The first-order valence-corrected chi connectivity index (χ1v) is 36.3. The topological polar surface area (TPSA) is 108 Å². The second-order valence-electron chi connectivity index (χ2n) is 25.2. The number of phosphoric acid groups is 1. The molecule has 0 aliphatic rings. The van der Waals surface area contributed by atoms with Gasteiger partial charge in [-0.05, 0) is 44.9 Å². The highest BCUT2D eigenvalue weighted by Gasteiger charge is 2.23. The molecule has 8 nitrogen and oxygen atoms in total. The van der Waals surface area contributed by atoms with Gasteiger partial charge in [-0.1, -0.05) is 339 Å². The quantitative estimate of drug-likeness (QED) is 0.0272. The number of carbonyl (C=O) groups excluding carboxylic acids is 1. The first-order valence-electron chi connectivity index (χ1n) is 34.9. The van der Waals surface area contributed by atoms with Crippen molar-refractivity contribution in [2.75, 3.05) is 40.9 Å². The average molecular weight is 1130 g/mol. The van der Waals surface area contributed by atoms with Crippen LogP contribution in [0.2, 0.25) is 0 Å². The molecule has 468 valence electrons. The normalized spacial score (nSPS) is 13.9. The number of unbranched alkanes of at least 4 members (excludes halogenated alkanes) is 48. The molecule has 0 spiro atoms. The first kappa shape index (κ1) is 77.7. The van der Waals surface area contributed by atoms with Crippen molar-refractivity contribution in [3.63, 3.8) is 0 Å². The molecular formula is C70H137N2O6P. The van der Waals surface area contributed by atoms with Crippen molar-refractivity contribution in [1.82, 2.24) is 5.32 Å². The van der Waals surface area contributed by atoms with Gasteiger partial charge in [-0.25, -0.2) is 0 Å². The largest absolute Gasteiger partial charge is 0.756 e.